The summed E-state index contributed by atoms with van der Waals surface area (Å²) in [5.74, 6) is 0.694. The van der Waals surface area contributed by atoms with Crippen molar-refractivity contribution in [3.8, 4) is 11.4 Å². The molecule has 27 heavy (non-hydrogen) atoms. The maximum absolute atomic E-state index is 12.6. The van der Waals surface area contributed by atoms with Gasteiger partial charge in [0.2, 0.25) is 5.91 Å². The van der Waals surface area contributed by atoms with Crippen LogP contribution in [-0.2, 0) is 17.9 Å². The lowest BCUT2D eigenvalue weighted by Crippen LogP contribution is -2.27. The van der Waals surface area contributed by atoms with Crippen molar-refractivity contribution in [1.82, 2.24) is 14.9 Å². The molecule has 1 amide bonds. The maximum Gasteiger partial charge on any atom is 0.240 e. The summed E-state index contributed by atoms with van der Waals surface area (Å²) >= 11 is 6.01. The zero-order chi connectivity index (χ0) is 18.6. The lowest BCUT2D eigenvalue weighted by molar-refractivity contribution is -0.121. The highest BCUT2D eigenvalue weighted by molar-refractivity contribution is 6.30. The first kappa shape index (κ1) is 17.3. The summed E-state index contributed by atoms with van der Waals surface area (Å²) in [6.07, 6.45) is 0. The third kappa shape index (κ3) is 3.86. The van der Waals surface area contributed by atoms with Gasteiger partial charge in [-0.2, -0.15) is 0 Å². The van der Waals surface area contributed by atoms with E-state index in [1.54, 1.807) is 0 Å². The Hall–Kier alpha value is -3.11. The topological polar surface area (TPSA) is 46.9 Å². The van der Waals surface area contributed by atoms with Crippen molar-refractivity contribution in [2.75, 3.05) is 0 Å². The summed E-state index contributed by atoms with van der Waals surface area (Å²) in [4.78, 5) is 17.3. The summed E-state index contributed by atoms with van der Waals surface area (Å²) in [5, 5.41) is 3.65. The molecule has 1 aromatic heterocycles. The predicted octanol–water partition coefficient (Wildman–Crippen LogP) is 4.67. The Labute approximate surface area is 162 Å². The number of nitrogens with one attached hydrogen (secondary N) is 1. The number of nitrogens with zero attached hydrogens (tertiary/aromatic N) is 2. The SMILES string of the molecule is O=C(Cn1c(-c2ccc(Cl)cc2)nc2ccccc21)NCc1ccccc1. The molecule has 0 aliphatic rings. The van der Waals surface area contributed by atoms with Gasteiger partial charge in [-0.1, -0.05) is 54.1 Å². The average Bonchev–Trinajstić information content (AvgIpc) is 3.06. The highest BCUT2D eigenvalue weighted by Crippen LogP contribution is 2.25. The number of para-hydroxylation sites is 2. The molecule has 0 saturated carbocycles. The molecule has 0 fully saturated rings. The van der Waals surface area contributed by atoms with Crippen LogP contribution in [0.4, 0.5) is 0 Å². The molecule has 0 spiro atoms. The van der Waals surface area contributed by atoms with Gasteiger partial charge in [-0.15, -0.1) is 0 Å². The van der Waals surface area contributed by atoms with Crippen LogP contribution < -0.4 is 5.32 Å². The van der Waals surface area contributed by atoms with Gasteiger partial charge in [-0.25, -0.2) is 4.98 Å². The first-order valence-corrected chi connectivity index (χ1v) is 9.10. The van der Waals surface area contributed by atoms with Crippen LogP contribution in [0.25, 0.3) is 22.4 Å². The number of fused-ring (bicyclic) bond motifs is 1. The molecule has 0 bridgehead atoms. The Balaban J connectivity index is 1.62. The fraction of sp³-hybridized carbons (Fsp3) is 0.0909. The molecular weight excluding hydrogens is 358 g/mol. The first-order valence-electron chi connectivity index (χ1n) is 8.72. The zero-order valence-electron chi connectivity index (χ0n) is 14.6. The van der Waals surface area contributed by atoms with Gasteiger partial charge < -0.3 is 9.88 Å². The fourth-order valence-electron chi connectivity index (χ4n) is 3.05. The third-order valence-electron chi connectivity index (χ3n) is 4.39. The summed E-state index contributed by atoms with van der Waals surface area (Å²) < 4.78 is 1.94. The fourth-order valence-corrected chi connectivity index (χ4v) is 3.18. The minimum atomic E-state index is -0.0581. The molecule has 134 valence electrons. The molecule has 0 unspecified atom stereocenters. The molecule has 1 N–H and O–H groups in total. The Morgan fingerprint density at radius 2 is 1.63 bits per heavy atom. The minimum Gasteiger partial charge on any atom is -0.350 e. The highest BCUT2D eigenvalue weighted by Gasteiger charge is 2.15. The average molecular weight is 376 g/mol. The van der Waals surface area contributed by atoms with Gasteiger partial charge in [0, 0.05) is 17.1 Å². The van der Waals surface area contributed by atoms with Gasteiger partial charge in [-0.3, -0.25) is 4.79 Å². The normalized spacial score (nSPS) is 10.9. The molecule has 0 radical (unpaired) electrons. The van der Waals surface area contributed by atoms with Crippen molar-refractivity contribution >= 4 is 28.5 Å². The molecule has 4 nitrogen and oxygen atoms in total. The smallest absolute Gasteiger partial charge is 0.240 e. The number of benzene rings is 3. The minimum absolute atomic E-state index is 0.0581. The van der Waals surface area contributed by atoms with E-state index in [9.17, 15) is 4.79 Å². The molecule has 1 heterocycles. The molecule has 4 rings (SSSR count). The molecule has 0 saturated heterocycles. The van der Waals surface area contributed by atoms with E-state index in [1.165, 1.54) is 0 Å². The first-order chi connectivity index (χ1) is 13.2. The van der Waals surface area contributed by atoms with Crippen molar-refractivity contribution in [2.45, 2.75) is 13.1 Å². The van der Waals surface area contributed by atoms with Gasteiger partial charge in [0.15, 0.2) is 0 Å². The highest BCUT2D eigenvalue weighted by atomic mass is 35.5. The summed E-state index contributed by atoms with van der Waals surface area (Å²) in [5.41, 5.74) is 3.78. The molecule has 0 aliphatic carbocycles. The van der Waals surface area contributed by atoms with Crippen LogP contribution >= 0.6 is 11.6 Å². The molecule has 0 aliphatic heterocycles. The number of carbonyl (C=O) groups is 1. The second kappa shape index (κ2) is 7.64. The van der Waals surface area contributed by atoms with Crippen molar-refractivity contribution in [3.63, 3.8) is 0 Å². The van der Waals surface area contributed by atoms with Gasteiger partial charge in [0.05, 0.1) is 11.0 Å². The summed E-state index contributed by atoms with van der Waals surface area (Å²) in [6.45, 7) is 0.702. The zero-order valence-corrected chi connectivity index (χ0v) is 15.4. The number of aromatic nitrogens is 2. The van der Waals surface area contributed by atoms with Crippen molar-refractivity contribution in [3.05, 3.63) is 89.4 Å². The second-order valence-corrected chi connectivity index (χ2v) is 6.72. The van der Waals surface area contributed by atoms with Crippen molar-refractivity contribution < 1.29 is 4.79 Å². The number of hydrogen-bond acceptors (Lipinski definition) is 2. The van der Waals surface area contributed by atoms with E-state index >= 15 is 0 Å². The van der Waals surface area contributed by atoms with Crippen LogP contribution in [0.3, 0.4) is 0 Å². The van der Waals surface area contributed by atoms with Crippen LogP contribution in [0.5, 0.6) is 0 Å². The molecule has 3 aromatic carbocycles. The summed E-state index contributed by atoms with van der Waals surface area (Å²) in [6, 6.07) is 25.2. The van der Waals surface area contributed by atoms with E-state index in [2.05, 4.69) is 5.32 Å². The predicted molar refractivity (Wildman–Crippen MR) is 108 cm³/mol. The van der Waals surface area contributed by atoms with Crippen LogP contribution in [0, 0.1) is 0 Å². The van der Waals surface area contributed by atoms with Crippen LogP contribution in [-0.4, -0.2) is 15.5 Å². The van der Waals surface area contributed by atoms with Gasteiger partial charge in [-0.05, 0) is 42.0 Å². The Morgan fingerprint density at radius 3 is 2.41 bits per heavy atom. The van der Waals surface area contributed by atoms with Crippen LogP contribution in [0.2, 0.25) is 5.02 Å². The lowest BCUT2D eigenvalue weighted by atomic mass is 10.2. The van der Waals surface area contributed by atoms with Gasteiger partial charge in [0.25, 0.3) is 0 Å². The number of imidazole rings is 1. The van der Waals surface area contributed by atoms with E-state index in [0.717, 1.165) is 28.0 Å². The number of halogens is 1. The number of amides is 1. The molecule has 4 aromatic rings. The quantitative estimate of drug-likeness (QED) is 0.550. The van der Waals surface area contributed by atoms with Crippen molar-refractivity contribution in [2.24, 2.45) is 0 Å². The Kier molecular flexibility index (Phi) is 4.90. The standard InChI is InChI=1S/C22H18ClN3O/c23-18-12-10-17(11-13-18)22-25-19-8-4-5-9-20(19)26(22)15-21(27)24-14-16-6-2-1-3-7-16/h1-13H,14-15H2,(H,24,27). The van der Waals surface area contributed by atoms with E-state index in [4.69, 9.17) is 16.6 Å². The monoisotopic (exact) mass is 375 g/mol. The van der Waals surface area contributed by atoms with E-state index in [1.807, 2.05) is 83.4 Å². The number of carbonyl (C=O) groups excluding carboxylic acids is 1. The third-order valence-corrected chi connectivity index (χ3v) is 4.64. The lowest BCUT2D eigenvalue weighted by Gasteiger charge is -2.10. The maximum atomic E-state index is 12.6. The van der Waals surface area contributed by atoms with Crippen LogP contribution in [0.1, 0.15) is 5.56 Å². The molecule has 0 atom stereocenters. The van der Waals surface area contributed by atoms with Gasteiger partial charge in [0.1, 0.15) is 12.4 Å². The Bertz CT molecular complexity index is 1070. The van der Waals surface area contributed by atoms with E-state index in [-0.39, 0.29) is 12.5 Å². The number of hydrogen-bond donors (Lipinski definition) is 1. The van der Waals surface area contributed by atoms with Crippen LogP contribution in [0.15, 0.2) is 78.9 Å². The molecule has 5 heteroatoms. The Morgan fingerprint density at radius 1 is 0.926 bits per heavy atom. The van der Waals surface area contributed by atoms with E-state index < -0.39 is 0 Å². The van der Waals surface area contributed by atoms with Gasteiger partial charge >= 0.3 is 0 Å². The molecular formula is C22H18ClN3O. The van der Waals surface area contributed by atoms with Crippen molar-refractivity contribution in [1.29, 1.82) is 0 Å². The summed E-state index contributed by atoms with van der Waals surface area (Å²) in [7, 11) is 0. The second-order valence-electron chi connectivity index (χ2n) is 6.28. The van der Waals surface area contributed by atoms with E-state index in [0.29, 0.717) is 11.6 Å². The number of rotatable bonds is 5. The largest absolute Gasteiger partial charge is 0.350 e.